The van der Waals surface area contributed by atoms with Crippen molar-refractivity contribution in [3.63, 3.8) is 0 Å². The molecule has 7 rings (SSSR count). The first kappa shape index (κ1) is 15.8. The van der Waals surface area contributed by atoms with Gasteiger partial charge in [-0.05, 0) is 85.5 Å². The van der Waals surface area contributed by atoms with E-state index in [0.717, 1.165) is 48.9 Å². The second kappa shape index (κ2) is 4.39. The topological polar surface area (TPSA) is 43.4 Å². The van der Waals surface area contributed by atoms with E-state index in [1.807, 2.05) is 0 Å². The maximum absolute atomic E-state index is 12.2. The largest absolute Gasteiger partial charge is 0.458 e. The summed E-state index contributed by atoms with van der Waals surface area (Å²) in [5, 5.41) is 0. The predicted molar refractivity (Wildman–Crippen MR) is 99.5 cm³/mol. The Hall–Kier alpha value is -1.12. The van der Waals surface area contributed by atoms with Crippen molar-refractivity contribution in [1.29, 1.82) is 0 Å². The van der Waals surface area contributed by atoms with E-state index < -0.39 is 0 Å². The van der Waals surface area contributed by atoms with Gasteiger partial charge in [-0.25, -0.2) is 0 Å². The Labute approximate surface area is 161 Å². The van der Waals surface area contributed by atoms with Crippen molar-refractivity contribution in [1.82, 2.24) is 0 Å². The molecule has 6 fully saturated rings. The number of hydrogen-bond donors (Lipinski definition) is 0. The first-order valence-electron chi connectivity index (χ1n) is 11.4. The van der Waals surface area contributed by atoms with Crippen LogP contribution in [0.15, 0.2) is 11.6 Å². The fourth-order valence-corrected chi connectivity index (χ4v) is 9.74. The molecule has 0 radical (unpaired) electrons. The lowest BCUT2D eigenvalue weighted by Gasteiger charge is -2.60. The van der Waals surface area contributed by atoms with Crippen LogP contribution in [0.25, 0.3) is 0 Å². The molecule has 1 aliphatic heterocycles. The molecule has 0 amide bonds. The van der Waals surface area contributed by atoms with Gasteiger partial charge in [0.25, 0.3) is 0 Å². The first-order valence-corrected chi connectivity index (χ1v) is 11.4. The minimum atomic E-state index is -0.131. The summed E-state index contributed by atoms with van der Waals surface area (Å²) in [6.07, 6.45) is 10.6. The molecular weight excluding hydrogens is 336 g/mol. The van der Waals surface area contributed by atoms with Gasteiger partial charge in [-0.2, -0.15) is 0 Å². The highest BCUT2D eigenvalue weighted by molar-refractivity contribution is 5.92. The van der Waals surface area contributed by atoms with Crippen LogP contribution in [0.5, 0.6) is 0 Å². The maximum Gasteiger partial charge on any atom is 0.306 e. The molecule has 27 heavy (non-hydrogen) atoms. The van der Waals surface area contributed by atoms with Crippen molar-refractivity contribution >= 4 is 11.8 Å². The molecule has 0 aromatic rings. The molecule has 6 aliphatic carbocycles. The molecule has 7 aliphatic rings. The molecule has 1 saturated heterocycles. The molecule has 1 heterocycles. The zero-order valence-electron chi connectivity index (χ0n) is 16.5. The number of allylic oxidation sites excluding steroid dienone is 1. The summed E-state index contributed by atoms with van der Waals surface area (Å²) >= 11 is 0. The standard InChI is InChI=1S/C24H30O3/c1-22-6-3-12(25)9-17(22)13-10-14(13)20-16(22)4-7-23(2)21(20)15-11-18(15)24(23)8-5-19(26)27-24/h9,13-16,18,20-21H,3-8,10-11H2,1-2H3/t13-,14+,15-,16+,18+,20?,21+,22?,23?,24+/m1/s1. The number of ether oxygens (including phenoxy) is 1. The van der Waals surface area contributed by atoms with E-state index in [4.69, 9.17) is 4.74 Å². The summed E-state index contributed by atoms with van der Waals surface area (Å²) < 4.78 is 6.22. The third-order valence-electron chi connectivity index (χ3n) is 10.9. The van der Waals surface area contributed by atoms with E-state index >= 15 is 0 Å². The molecule has 0 aromatic heterocycles. The number of carbonyl (C=O) groups is 2. The van der Waals surface area contributed by atoms with Crippen LogP contribution in [-0.4, -0.2) is 17.4 Å². The molecular formula is C24H30O3. The van der Waals surface area contributed by atoms with E-state index in [2.05, 4.69) is 19.9 Å². The molecule has 3 nitrogen and oxygen atoms in total. The third kappa shape index (κ3) is 1.58. The summed E-state index contributed by atoms with van der Waals surface area (Å²) in [7, 11) is 0. The average Bonchev–Trinajstić information content (AvgIpc) is 3.53. The summed E-state index contributed by atoms with van der Waals surface area (Å²) in [5.74, 6) is 5.65. The predicted octanol–water partition coefficient (Wildman–Crippen LogP) is 4.31. The number of esters is 1. The summed E-state index contributed by atoms with van der Waals surface area (Å²) in [5.41, 5.74) is 1.85. The normalized spacial score (nSPS) is 62.0. The van der Waals surface area contributed by atoms with Crippen molar-refractivity contribution in [3.8, 4) is 0 Å². The lowest BCUT2D eigenvalue weighted by molar-refractivity contribution is -0.177. The average molecular weight is 367 g/mol. The van der Waals surface area contributed by atoms with Gasteiger partial charge in [0.2, 0.25) is 0 Å². The minimum Gasteiger partial charge on any atom is -0.458 e. The second-order valence-electron chi connectivity index (χ2n) is 11.5. The maximum atomic E-state index is 12.2. The van der Waals surface area contributed by atoms with Gasteiger partial charge in [0.05, 0.1) is 0 Å². The van der Waals surface area contributed by atoms with Gasteiger partial charge in [0.1, 0.15) is 5.60 Å². The van der Waals surface area contributed by atoms with Crippen molar-refractivity contribution in [2.75, 3.05) is 0 Å². The van der Waals surface area contributed by atoms with Gasteiger partial charge < -0.3 is 4.74 Å². The van der Waals surface area contributed by atoms with Crippen LogP contribution in [0.3, 0.4) is 0 Å². The SMILES string of the molecule is CC12CCC(=O)C=C1[C@@H]1C[C@@H]1C1[C@@H]3[C@@H]4C[C@@H]4[C@@]4(CCC(=O)O4)C3(C)CC[C@@H]12. The first-order chi connectivity index (χ1) is 12.9. The minimum absolute atomic E-state index is 0.0561. The van der Waals surface area contributed by atoms with E-state index in [0.29, 0.717) is 24.0 Å². The van der Waals surface area contributed by atoms with Crippen LogP contribution in [0.2, 0.25) is 0 Å². The Morgan fingerprint density at radius 1 is 1.00 bits per heavy atom. The number of ketones is 1. The molecule has 10 atom stereocenters. The number of hydrogen-bond acceptors (Lipinski definition) is 3. The van der Waals surface area contributed by atoms with Gasteiger partial charge in [-0.15, -0.1) is 0 Å². The third-order valence-corrected chi connectivity index (χ3v) is 10.9. The number of rotatable bonds is 0. The lowest BCUT2D eigenvalue weighted by Crippen LogP contribution is -2.57. The summed E-state index contributed by atoms with van der Waals surface area (Å²) in [6.45, 7) is 4.99. The number of carbonyl (C=O) groups excluding carboxylic acids is 2. The van der Waals surface area contributed by atoms with Crippen LogP contribution >= 0.6 is 0 Å². The fourth-order valence-electron chi connectivity index (χ4n) is 9.74. The van der Waals surface area contributed by atoms with Crippen molar-refractivity contribution in [3.05, 3.63) is 11.6 Å². The monoisotopic (exact) mass is 366 g/mol. The van der Waals surface area contributed by atoms with E-state index in [1.54, 1.807) is 0 Å². The van der Waals surface area contributed by atoms with Crippen LogP contribution in [0, 0.1) is 52.3 Å². The van der Waals surface area contributed by atoms with Gasteiger partial charge in [-0.1, -0.05) is 19.4 Å². The Morgan fingerprint density at radius 3 is 2.63 bits per heavy atom. The van der Waals surface area contributed by atoms with E-state index in [-0.39, 0.29) is 22.4 Å². The Kier molecular flexibility index (Phi) is 2.56. The Morgan fingerprint density at radius 2 is 1.85 bits per heavy atom. The summed E-state index contributed by atoms with van der Waals surface area (Å²) in [4.78, 5) is 24.3. The number of fused-ring (bicyclic) bond motifs is 12. The molecule has 0 aromatic carbocycles. The highest BCUT2D eigenvalue weighted by Gasteiger charge is 2.81. The van der Waals surface area contributed by atoms with Crippen LogP contribution in [0.1, 0.15) is 65.2 Å². The zero-order valence-corrected chi connectivity index (χ0v) is 16.5. The van der Waals surface area contributed by atoms with Gasteiger partial charge in [0.15, 0.2) is 5.78 Å². The molecule has 5 saturated carbocycles. The molecule has 144 valence electrons. The molecule has 1 spiro atoms. The van der Waals surface area contributed by atoms with Crippen LogP contribution in [-0.2, 0) is 14.3 Å². The quantitative estimate of drug-likeness (QED) is 0.600. The van der Waals surface area contributed by atoms with E-state index in [9.17, 15) is 9.59 Å². The fraction of sp³-hybridized carbons (Fsp3) is 0.833. The van der Waals surface area contributed by atoms with E-state index in [1.165, 1.54) is 31.3 Å². The van der Waals surface area contributed by atoms with Crippen molar-refractivity contribution in [2.24, 2.45) is 52.3 Å². The molecule has 3 heteroatoms. The van der Waals surface area contributed by atoms with Gasteiger partial charge in [0, 0.05) is 24.2 Å². The second-order valence-corrected chi connectivity index (χ2v) is 11.5. The summed E-state index contributed by atoms with van der Waals surface area (Å²) in [6, 6.07) is 0. The Balaban J connectivity index is 1.33. The van der Waals surface area contributed by atoms with Gasteiger partial charge in [-0.3, -0.25) is 9.59 Å². The van der Waals surface area contributed by atoms with Crippen molar-refractivity contribution < 1.29 is 14.3 Å². The van der Waals surface area contributed by atoms with Crippen molar-refractivity contribution in [2.45, 2.75) is 70.8 Å². The molecule has 3 unspecified atom stereocenters. The zero-order chi connectivity index (χ0) is 18.3. The molecule has 0 N–H and O–H groups in total. The highest BCUT2D eigenvalue weighted by atomic mass is 16.6. The molecule has 0 bridgehead atoms. The lowest BCUT2D eigenvalue weighted by atomic mass is 9.45. The smallest absolute Gasteiger partial charge is 0.306 e. The Bertz CT molecular complexity index is 827. The van der Waals surface area contributed by atoms with Crippen LogP contribution in [0.4, 0.5) is 0 Å². The van der Waals surface area contributed by atoms with Crippen LogP contribution < -0.4 is 0 Å². The van der Waals surface area contributed by atoms with Gasteiger partial charge >= 0.3 is 5.97 Å². The highest BCUT2D eigenvalue weighted by Crippen LogP contribution is 2.82.